The van der Waals surface area contributed by atoms with Gasteiger partial charge in [0.1, 0.15) is 11.1 Å². The van der Waals surface area contributed by atoms with E-state index >= 15 is 0 Å². The molecule has 3 aromatic rings. The number of hydrogen-bond donors (Lipinski definition) is 1. The van der Waals surface area contributed by atoms with Gasteiger partial charge < -0.3 is 14.6 Å². The van der Waals surface area contributed by atoms with Crippen molar-refractivity contribution in [2.75, 3.05) is 0 Å². The number of hydrogen-bond acceptors (Lipinski definition) is 6. The molecular weight excluding hydrogens is 427 g/mol. The number of nitrogens with one attached hydrogen (secondary N) is 1. The minimum Gasteiger partial charge on any atom is -0.444 e. The van der Waals surface area contributed by atoms with Crippen LogP contribution < -0.4 is 5.32 Å². The van der Waals surface area contributed by atoms with E-state index in [4.69, 9.17) is 9.26 Å². The maximum Gasteiger partial charge on any atom is 0.435 e. The zero-order chi connectivity index (χ0) is 23.7. The van der Waals surface area contributed by atoms with Gasteiger partial charge in [-0.2, -0.15) is 23.3 Å². The van der Waals surface area contributed by atoms with E-state index in [0.717, 1.165) is 11.6 Å². The van der Waals surface area contributed by atoms with E-state index in [1.54, 1.807) is 58.9 Å². The fourth-order valence-corrected chi connectivity index (χ4v) is 2.75. The van der Waals surface area contributed by atoms with Crippen LogP contribution in [0, 0.1) is 0 Å². The summed E-state index contributed by atoms with van der Waals surface area (Å²) in [5.41, 5.74) is -1.15. The average molecular weight is 451 g/mol. The van der Waals surface area contributed by atoms with Crippen molar-refractivity contribution in [3.05, 3.63) is 53.6 Å². The normalized spacial score (nSPS) is 12.6. The second-order valence-electron chi connectivity index (χ2n) is 8.77. The van der Waals surface area contributed by atoms with Crippen molar-refractivity contribution in [3.63, 3.8) is 0 Å². The Balaban J connectivity index is 1.68. The molecule has 0 saturated heterocycles. The lowest BCUT2D eigenvalue weighted by Crippen LogP contribution is -2.44. The molecular formula is C21H24F3N5O3. The second-order valence-corrected chi connectivity index (χ2v) is 8.77. The number of halogens is 3. The molecule has 0 atom stereocenters. The largest absolute Gasteiger partial charge is 0.444 e. The fourth-order valence-electron chi connectivity index (χ4n) is 2.75. The van der Waals surface area contributed by atoms with Gasteiger partial charge in [-0.05, 0) is 58.4 Å². The number of aromatic nitrogens is 4. The van der Waals surface area contributed by atoms with Crippen molar-refractivity contribution in [3.8, 4) is 11.5 Å². The molecule has 0 aliphatic rings. The predicted molar refractivity (Wildman–Crippen MR) is 108 cm³/mol. The number of alkyl halides is 3. The molecule has 2 aromatic heterocycles. The van der Waals surface area contributed by atoms with Crippen LogP contribution in [-0.2, 0) is 23.0 Å². The highest BCUT2D eigenvalue weighted by Crippen LogP contribution is 2.27. The molecule has 1 amide bonds. The summed E-state index contributed by atoms with van der Waals surface area (Å²) in [5, 5.41) is 10.2. The molecule has 1 aromatic carbocycles. The summed E-state index contributed by atoms with van der Waals surface area (Å²) in [6.45, 7) is 8.89. The zero-order valence-corrected chi connectivity index (χ0v) is 18.3. The van der Waals surface area contributed by atoms with Gasteiger partial charge in [-0.25, -0.2) is 4.79 Å². The van der Waals surface area contributed by atoms with Gasteiger partial charge in [0.2, 0.25) is 0 Å². The number of carbonyl (C=O) groups is 1. The third-order valence-electron chi connectivity index (χ3n) is 4.28. The molecule has 0 aliphatic carbocycles. The Hall–Kier alpha value is -3.37. The van der Waals surface area contributed by atoms with Gasteiger partial charge in [-0.1, -0.05) is 17.3 Å². The lowest BCUT2D eigenvalue weighted by atomic mass is 10.1. The van der Waals surface area contributed by atoms with Crippen LogP contribution in [0.3, 0.4) is 0 Å². The Bertz CT molecular complexity index is 1080. The van der Waals surface area contributed by atoms with Crippen LogP contribution in [0.5, 0.6) is 0 Å². The number of rotatable bonds is 5. The van der Waals surface area contributed by atoms with Gasteiger partial charge in [0, 0.05) is 11.8 Å². The number of carbonyl (C=O) groups excluding carboxylic acids is 1. The molecule has 3 rings (SSSR count). The van der Waals surface area contributed by atoms with Crippen molar-refractivity contribution >= 4 is 6.09 Å². The summed E-state index contributed by atoms with van der Waals surface area (Å²) in [6, 6.07) is 7.84. The molecule has 0 bridgehead atoms. The number of ether oxygens (including phenoxy) is 1. The van der Waals surface area contributed by atoms with Gasteiger partial charge in [0.25, 0.3) is 5.89 Å². The first kappa shape index (κ1) is 23.3. The monoisotopic (exact) mass is 451 g/mol. The van der Waals surface area contributed by atoms with Crippen LogP contribution in [0.15, 0.2) is 41.1 Å². The molecule has 0 fully saturated rings. The molecule has 8 nitrogen and oxygen atoms in total. The molecule has 11 heteroatoms. The van der Waals surface area contributed by atoms with Crippen LogP contribution >= 0.6 is 0 Å². The Morgan fingerprint density at radius 1 is 1.09 bits per heavy atom. The minimum atomic E-state index is -4.48. The Kier molecular flexibility index (Phi) is 6.03. The minimum absolute atomic E-state index is 0.179. The number of amides is 1. The third kappa shape index (κ3) is 5.86. The van der Waals surface area contributed by atoms with Gasteiger partial charge >= 0.3 is 12.3 Å². The first-order valence-corrected chi connectivity index (χ1v) is 9.78. The predicted octanol–water partition coefficient (Wildman–Crippen LogP) is 4.76. The van der Waals surface area contributed by atoms with Crippen LogP contribution in [0.25, 0.3) is 11.5 Å². The first-order chi connectivity index (χ1) is 14.7. The van der Waals surface area contributed by atoms with E-state index in [1.165, 1.54) is 10.9 Å². The SMILES string of the molecule is CC(C)(C)OC(=O)NC(C)(C)c1noc(-c2ccc(Cn3ccc(C(F)(F)F)n3)cc2)n1. The van der Waals surface area contributed by atoms with E-state index in [-0.39, 0.29) is 18.3 Å². The molecule has 0 saturated carbocycles. The number of benzene rings is 1. The van der Waals surface area contributed by atoms with Crippen LogP contribution in [0.1, 0.15) is 51.7 Å². The van der Waals surface area contributed by atoms with Crippen molar-refractivity contribution in [2.45, 2.75) is 58.5 Å². The van der Waals surface area contributed by atoms with Gasteiger partial charge in [-0.15, -0.1) is 0 Å². The Labute approximate surface area is 182 Å². The van der Waals surface area contributed by atoms with E-state index in [0.29, 0.717) is 5.56 Å². The standard InChI is InChI=1S/C21H24F3N5O3/c1-19(2,3)31-18(30)26-20(4,5)17-25-16(32-28-17)14-8-6-13(7-9-14)12-29-11-10-15(27-29)21(22,23)24/h6-11H,12H2,1-5H3,(H,26,30). The molecule has 0 spiro atoms. The summed E-state index contributed by atoms with van der Waals surface area (Å²) in [7, 11) is 0. The van der Waals surface area contributed by atoms with Crippen LogP contribution in [-0.4, -0.2) is 31.6 Å². The maximum atomic E-state index is 12.7. The summed E-state index contributed by atoms with van der Waals surface area (Å²) < 4.78 is 49.8. The first-order valence-electron chi connectivity index (χ1n) is 9.78. The lowest BCUT2D eigenvalue weighted by molar-refractivity contribution is -0.141. The fraction of sp³-hybridized carbons (Fsp3) is 0.429. The van der Waals surface area contributed by atoms with E-state index in [1.807, 2.05) is 0 Å². The zero-order valence-electron chi connectivity index (χ0n) is 18.3. The third-order valence-corrected chi connectivity index (χ3v) is 4.28. The highest BCUT2D eigenvalue weighted by molar-refractivity contribution is 5.68. The van der Waals surface area contributed by atoms with Crippen LogP contribution in [0.4, 0.5) is 18.0 Å². The average Bonchev–Trinajstić information content (AvgIpc) is 3.29. The summed E-state index contributed by atoms with van der Waals surface area (Å²) in [5.74, 6) is 0.503. The quantitative estimate of drug-likeness (QED) is 0.601. The smallest absolute Gasteiger partial charge is 0.435 e. The maximum absolute atomic E-state index is 12.7. The molecule has 1 N–H and O–H groups in total. The highest BCUT2D eigenvalue weighted by Gasteiger charge is 2.33. The van der Waals surface area contributed by atoms with Gasteiger partial charge in [-0.3, -0.25) is 4.68 Å². The Morgan fingerprint density at radius 2 is 1.75 bits per heavy atom. The van der Waals surface area contributed by atoms with Crippen LogP contribution in [0.2, 0.25) is 0 Å². The van der Waals surface area contributed by atoms with Gasteiger partial charge in [0.05, 0.1) is 6.54 Å². The van der Waals surface area contributed by atoms with Gasteiger partial charge in [0.15, 0.2) is 11.5 Å². The summed E-state index contributed by atoms with van der Waals surface area (Å²) in [6.07, 6.45) is -3.80. The molecule has 32 heavy (non-hydrogen) atoms. The van der Waals surface area contributed by atoms with E-state index in [9.17, 15) is 18.0 Å². The molecule has 0 unspecified atom stereocenters. The summed E-state index contributed by atoms with van der Waals surface area (Å²) in [4.78, 5) is 16.4. The Morgan fingerprint density at radius 3 is 2.31 bits per heavy atom. The summed E-state index contributed by atoms with van der Waals surface area (Å²) >= 11 is 0. The second kappa shape index (κ2) is 8.29. The van der Waals surface area contributed by atoms with Crippen molar-refractivity contribution in [1.29, 1.82) is 0 Å². The highest BCUT2D eigenvalue weighted by atomic mass is 19.4. The topological polar surface area (TPSA) is 95.1 Å². The van der Waals surface area contributed by atoms with E-state index < -0.39 is 29.1 Å². The van der Waals surface area contributed by atoms with Crippen molar-refractivity contribution in [2.24, 2.45) is 0 Å². The van der Waals surface area contributed by atoms with Crippen molar-refractivity contribution < 1.29 is 27.2 Å². The van der Waals surface area contributed by atoms with Crippen molar-refractivity contribution in [1.82, 2.24) is 25.2 Å². The molecule has 0 radical (unpaired) electrons. The lowest BCUT2D eigenvalue weighted by Gasteiger charge is -2.26. The number of nitrogens with zero attached hydrogens (tertiary/aromatic N) is 4. The van der Waals surface area contributed by atoms with E-state index in [2.05, 4.69) is 20.6 Å². The number of alkyl carbamates (subject to hydrolysis) is 1. The molecule has 2 heterocycles. The molecule has 0 aliphatic heterocycles. The molecule has 172 valence electrons.